The number of benzene rings is 1. The Morgan fingerprint density at radius 3 is 2.29 bits per heavy atom. The van der Waals surface area contributed by atoms with E-state index < -0.39 is 9.84 Å². The average Bonchev–Trinajstić information content (AvgIpc) is 2.97. The summed E-state index contributed by atoms with van der Waals surface area (Å²) >= 11 is 0. The van der Waals surface area contributed by atoms with E-state index in [0.29, 0.717) is 12.1 Å². The molecule has 0 spiro atoms. The highest BCUT2D eigenvalue weighted by Crippen LogP contribution is 2.25. The van der Waals surface area contributed by atoms with Gasteiger partial charge in [0.25, 0.3) is 5.91 Å². The molecular formula is C15H21NO4S. The van der Waals surface area contributed by atoms with Gasteiger partial charge in [-0.1, -0.05) is 12.8 Å². The molecule has 116 valence electrons. The quantitative estimate of drug-likeness (QED) is 0.893. The molecule has 5 nitrogen and oxygen atoms in total. The van der Waals surface area contributed by atoms with Gasteiger partial charge in [-0.3, -0.25) is 4.79 Å². The van der Waals surface area contributed by atoms with Crippen molar-refractivity contribution in [1.82, 2.24) is 4.90 Å². The third kappa shape index (κ3) is 3.83. The van der Waals surface area contributed by atoms with Crippen LogP contribution < -0.4 is 0 Å². The molecule has 1 N–H and O–H groups in total. The first-order valence-electron chi connectivity index (χ1n) is 7.15. The van der Waals surface area contributed by atoms with Crippen LogP contribution in [0.3, 0.4) is 0 Å². The van der Waals surface area contributed by atoms with Gasteiger partial charge in [0.15, 0.2) is 9.84 Å². The molecule has 1 aromatic carbocycles. The molecule has 6 heteroatoms. The van der Waals surface area contributed by atoms with E-state index >= 15 is 0 Å². The molecule has 0 unspecified atom stereocenters. The number of carbonyl (C=O) groups excluding carboxylic acids is 1. The molecule has 1 aromatic rings. The maximum absolute atomic E-state index is 12.5. The summed E-state index contributed by atoms with van der Waals surface area (Å²) in [5, 5.41) is 9.17. The number of amides is 1. The van der Waals surface area contributed by atoms with Crippen LogP contribution in [0.1, 0.15) is 36.0 Å². The third-order valence-electron chi connectivity index (χ3n) is 3.90. The highest BCUT2D eigenvalue weighted by atomic mass is 32.2. The maximum Gasteiger partial charge on any atom is 0.254 e. The van der Waals surface area contributed by atoms with Gasteiger partial charge >= 0.3 is 0 Å². The Morgan fingerprint density at radius 1 is 1.24 bits per heavy atom. The third-order valence-corrected chi connectivity index (χ3v) is 5.03. The summed E-state index contributed by atoms with van der Waals surface area (Å²) in [6, 6.07) is 6.16. The zero-order valence-electron chi connectivity index (χ0n) is 12.2. The largest absolute Gasteiger partial charge is 0.395 e. The van der Waals surface area contributed by atoms with Crippen molar-refractivity contribution in [2.45, 2.75) is 36.6 Å². The lowest BCUT2D eigenvalue weighted by molar-refractivity contribution is 0.0638. The molecule has 0 radical (unpaired) electrons. The summed E-state index contributed by atoms with van der Waals surface area (Å²) in [7, 11) is -3.26. The summed E-state index contributed by atoms with van der Waals surface area (Å²) in [6.45, 7) is 0.251. The van der Waals surface area contributed by atoms with E-state index in [1.807, 2.05) is 0 Å². The molecule has 0 aromatic heterocycles. The van der Waals surface area contributed by atoms with E-state index in [1.54, 1.807) is 4.90 Å². The van der Waals surface area contributed by atoms with Crippen LogP contribution in [0.5, 0.6) is 0 Å². The smallest absolute Gasteiger partial charge is 0.254 e. The zero-order chi connectivity index (χ0) is 15.5. The molecule has 0 atom stereocenters. The number of sulfone groups is 1. The topological polar surface area (TPSA) is 74.7 Å². The van der Waals surface area contributed by atoms with Crippen molar-refractivity contribution in [3.8, 4) is 0 Å². The molecule has 2 rings (SSSR count). The lowest BCUT2D eigenvalue weighted by Crippen LogP contribution is -2.40. The van der Waals surface area contributed by atoms with Crippen LogP contribution in [0, 0.1) is 0 Å². The number of nitrogens with zero attached hydrogens (tertiary/aromatic N) is 1. The number of rotatable bonds is 5. The molecule has 1 amide bonds. The van der Waals surface area contributed by atoms with Crippen molar-refractivity contribution in [2.75, 3.05) is 19.4 Å². The Balaban J connectivity index is 2.20. The lowest BCUT2D eigenvalue weighted by Gasteiger charge is -2.28. The molecular weight excluding hydrogens is 290 g/mol. The average molecular weight is 311 g/mol. The van der Waals surface area contributed by atoms with Gasteiger partial charge in [0.1, 0.15) is 0 Å². The fraction of sp³-hybridized carbons (Fsp3) is 0.533. The second kappa shape index (κ2) is 6.58. The van der Waals surface area contributed by atoms with E-state index in [0.717, 1.165) is 31.9 Å². The van der Waals surface area contributed by atoms with Gasteiger partial charge in [0.2, 0.25) is 0 Å². The highest BCUT2D eigenvalue weighted by molar-refractivity contribution is 7.90. The first-order valence-corrected chi connectivity index (χ1v) is 9.04. The standard InChI is InChI=1S/C15H21NO4S/c1-21(19,20)14-8-6-12(7-9-14)15(18)16(10-11-17)13-4-2-3-5-13/h6-9,13,17H,2-5,10-11H2,1H3. The monoisotopic (exact) mass is 311 g/mol. The van der Waals surface area contributed by atoms with Crippen molar-refractivity contribution in [2.24, 2.45) is 0 Å². The number of hydrogen-bond donors (Lipinski definition) is 1. The van der Waals surface area contributed by atoms with Gasteiger partial charge in [0.05, 0.1) is 11.5 Å². The van der Waals surface area contributed by atoms with Crippen LogP contribution in [0.25, 0.3) is 0 Å². The Bertz CT molecular complexity index is 589. The predicted molar refractivity (Wildman–Crippen MR) is 79.9 cm³/mol. The second-order valence-corrected chi connectivity index (χ2v) is 7.47. The van der Waals surface area contributed by atoms with Crippen molar-refractivity contribution < 1.29 is 18.3 Å². The molecule has 1 fully saturated rings. The second-order valence-electron chi connectivity index (χ2n) is 5.46. The van der Waals surface area contributed by atoms with Gasteiger partial charge in [-0.25, -0.2) is 8.42 Å². The lowest BCUT2D eigenvalue weighted by atomic mass is 10.1. The van der Waals surface area contributed by atoms with Gasteiger partial charge in [-0.05, 0) is 37.1 Å². The number of aliphatic hydroxyl groups excluding tert-OH is 1. The van der Waals surface area contributed by atoms with Crippen molar-refractivity contribution >= 4 is 15.7 Å². The Labute approximate surface area is 125 Å². The molecule has 0 heterocycles. The molecule has 1 aliphatic rings. The van der Waals surface area contributed by atoms with Crippen molar-refractivity contribution in [3.05, 3.63) is 29.8 Å². The molecule has 0 aliphatic heterocycles. The summed E-state index contributed by atoms with van der Waals surface area (Å²) in [5.41, 5.74) is 0.461. The number of hydrogen-bond acceptors (Lipinski definition) is 4. The molecule has 0 saturated heterocycles. The number of carbonyl (C=O) groups is 1. The van der Waals surface area contributed by atoms with E-state index in [9.17, 15) is 18.3 Å². The minimum Gasteiger partial charge on any atom is -0.395 e. The summed E-state index contributed by atoms with van der Waals surface area (Å²) in [5.74, 6) is -0.143. The van der Waals surface area contributed by atoms with E-state index in [2.05, 4.69) is 0 Å². The van der Waals surface area contributed by atoms with Gasteiger partial charge in [0, 0.05) is 24.4 Å². The Kier molecular flexibility index (Phi) is 5.00. The Morgan fingerprint density at radius 2 is 1.81 bits per heavy atom. The van der Waals surface area contributed by atoms with Crippen LogP contribution in [0.15, 0.2) is 29.2 Å². The van der Waals surface area contributed by atoms with Crippen molar-refractivity contribution in [1.29, 1.82) is 0 Å². The van der Waals surface area contributed by atoms with E-state index in [-0.39, 0.29) is 23.5 Å². The minimum atomic E-state index is -3.26. The molecule has 1 aliphatic carbocycles. The fourth-order valence-electron chi connectivity index (χ4n) is 2.78. The van der Waals surface area contributed by atoms with Crippen LogP contribution in [0.4, 0.5) is 0 Å². The van der Waals surface area contributed by atoms with Gasteiger partial charge < -0.3 is 10.0 Å². The maximum atomic E-state index is 12.5. The van der Waals surface area contributed by atoms with Gasteiger partial charge in [-0.2, -0.15) is 0 Å². The minimum absolute atomic E-state index is 0.0658. The van der Waals surface area contributed by atoms with Gasteiger partial charge in [-0.15, -0.1) is 0 Å². The molecule has 21 heavy (non-hydrogen) atoms. The van der Waals surface area contributed by atoms with E-state index in [1.165, 1.54) is 24.3 Å². The first-order chi connectivity index (χ1) is 9.93. The van der Waals surface area contributed by atoms with E-state index in [4.69, 9.17) is 0 Å². The highest BCUT2D eigenvalue weighted by Gasteiger charge is 2.27. The van der Waals surface area contributed by atoms with Crippen LogP contribution in [-0.4, -0.2) is 49.8 Å². The fourth-order valence-corrected chi connectivity index (χ4v) is 3.41. The molecule has 1 saturated carbocycles. The molecule has 0 bridgehead atoms. The zero-order valence-corrected chi connectivity index (χ0v) is 13.0. The Hall–Kier alpha value is -1.40. The van der Waals surface area contributed by atoms with Crippen LogP contribution in [-0.2, 0) is 9.84 Å². The predicted octanol–water partition coefficient (Wildman–Crippen LogP) is 1.47. The van der Waals surface area contributed by atoms with Crippen molar-refractivity contribution in [3.63, 3.8) is 0 Å². The summed E-state index contributed by atoms with van der Waals surface area (Å²) in [6.07, 6.45) is 5.28. The summed E-state index contributed by atoms with van der Waals surface area (Å²) in [4.78, 5) is 14.5. The number of aliphatic hydroxyl groups is 1. The normalized spacial score (nSPS) is 16.1. The van der Waals surface area contributed by atoms with Crippen LogP contribution in [0.2, 0.25) is 0 Å². The first kappa shape index (κ1) is 16.0. The van der Waals surface area contributed by atoms with Crippen LogP contribution >= 0.6 is 0 Å². The summed E-state index contributed by atoms with van der Waals surface area (Å²) < 4.78 is 22.9. The SMILES string of the molecule is CS(=O)(=O)c1ccc(C(=O)N(CCO)C2CCCC2)cc1.